The highest BCUT2D eigenvalue weighted by Crippen LogP contribution is 2.51. The summed E-state index contributed by atoms with van der Waals surface area (Å²) in [5, 5.41) is 0. The predicted molar refractivity (Wildman–Crippen MR) is 94.2 cm³/mol. The van der Waals surface area contributed by atoms with Gasteiger partial charge in [-0.2, -0.15) is 0 Å². The van der Waals surface area contributed by atoms with Crippen LogP contribution in [0.15, 0.2) is 54.6 Å². The van der Waals surface area contributed by atoms with Gasteiger partial charge < -0.3 is 4.90 Å². The zero-order valence-electron chi connectivity index (χ0n) is 13.7. The van der Waals surface area contributed by atoms with Crippen molar-refractivity contribution in [2.75, 3.05) is 11.4 Å². The van der Waals surface area contributed by atoms with Gasteiger partial charge >= 0.3 is 0 Å². The van der Waals surface area contributed by atoms with E-state index in [1.165, 1.54) is 49.0 Å². The van der Waals surface area contributed by atoms with Gasteiger partial charge in [-0.25, -0.2) is 0 Å². The predicted octanol–water partition coefficient (Wildman–Crippen LogP) is 5.51. The van der Waals surface area contributed by atoms with Crippen LogP contribution >= 0.6 is 0 Å². The average molecular weight is 291 g/mol. The van der Waals surface area contributed by atoms with Gasteiger partial charge in [-0.05, 0) is 61.3 Å². The SMILES string of the molecule is CC12CCC(C)(CC1)N(c1ccc(-c3ccccc3)cc1)C2. The number of nitrogens with zero attached hydrogens (tertiary/aromatic N) is 1. The Labute approximate surface area is 134 Å². The van der Waals surface area contributed by atoms with Crippen LogP contribution < -0.4 is 4.90 Å². The summed E-state index contributed by atoms with van der Waals surface area (Å²) in [5.74, 6) is 0. The van der Waals surface area contributed by atoms with Gasteiger partial charge in [0.1, 0.15) is 0 Å². The van der Waals surface area contributed by atoms with Crippen LogP contribution in [0.2, 0.25) is 0 Å². The second-order valence-corrected chi connectivity index (χ2v) is 7.81. The maximum atomic E-state index is 2.68. The fourth-order valence-corrected chi connectivity index (χ4v) is 4.26. The molecule has 1 aliphatic carbocycles. The van der Waals surface area contributed by atoms with Crippen molar-refractivity contribution in [1.82, 2.24) is 0 Å². The summed E-state index contributed by atoms with van der Waals surface area (Å²) in [6, 6.07) is 19.8. The fourth-order valence-electron chi connectivity index (χ4n) is 4.26. The van der Waals surface area contributed by atoms with Gasteiger partial charge in [-0.1, -0.05) is 49.4 Å². The molecule has 0 unspecified atom stereocenters. The summed E-state index contributed by atoms with van der Waals surface area (Å²) < 4.78 is 0. The summed E-state index contributed by atoms with van der Waals surface area (Å²) in [5.41, 5.74) is 4.89. The molecule has 2 heterocycles. The van der Waals surface area contributed by atoms with Crippen LogP contribution in [0.3, 0.4) is 0 Å². The molecule has 0 spiro atoms. The molecule has 1 heteroatoms. The first-order chi connectivity index (χ1) is 10.6. The molecule has 0 atom stereocenters. The number of rotatable bonds is 2. The number of hydrogen-bond donors (Lipinski definition) is 0. The molecule has 22 heavy (non-hydrogen) atoms. The first-order valence-electron chi connectivity index (χ1n) is 8.51. The molecule has 1 nitrogen and oxygen atoms in total. The van der Waals surface area contributed by atoms with E-state index in [1.54, 1.807) is 0 Å². The number of benzene rings is 2. The molecule has 3 aliphatic rings. The minimum absolute atomic E-state index is 0.367. The average Bonchev–Trinajstić information content (AvgIpc) is 2.57. The first kappa shape index (κ1) is 13.9. The highest BCUT2D eigenvalue weighted by molar-refractivity contribution is 5.66. The van der Waals surface area contributed by atoms with Gasteiger partial charge in [0, 0.05) is 17.8 Å². The molecule has 2 aromatic carbocycles. The smallest absolute Gasteiger partial charge is 0.0374 e. The van der Waals surface area contributed by atoms with Crippen molar-refractivity contribution in [3.63, 3.8) is 0 Å². The van der Waals surface area contributed by atoms with E-state index in [9.17, 15) is 0 Å². The lowest BCUT2D eigenvalue weighted by atomic mass is 9.63. The van der Waals surface area contributed by atoms with E-state index in [0.717, 1.165) is 0 Å². The zero-order valence-corrected chi connectivity index (χ0v) is 13.7. The Balaban J connectivity index is 1.64. The van der Waals surface area contributed by atoms with Crippen molar-refractivity contribution in [3.8, 4) is 11.1 Å². The second-order valence-electron chi connectivity index (χ2n) is 7.81. The van der Waals surface area contributed by atoms with Gasteiger partial charge in [-0.15, -0.1) is 0 Å². The Morgan fingerprint density at radius 1 is 0.727 bits per heavy atom. The van der Waals surface area contributed by atoms with Crippen LogP contribution in [-0.2, 0) is 0 Å². The lowest BCUT2D eigenvalue weighted by molar-refractivity contribution is 0.0929. The third-order valence-corrected chi connectivity index (χ3v) is 6.01. The van der Waals surface area contributed by atoms with E-state index in [1.807, 2.05) is 0 Å². The van der Waals surface area contributed by atoms with Crippen LogP contribution in [0.5, 0.6) is 0 Å². The number of hydrogen-bond acceptors (Lipinski definition) is 1. The van der Waals surface area contributed by atoms with Crippen LogP contribution in [-0.4, -0.2) is 12.1 Å². The lowest BCUT2D eigenvalue weighted by Crippen LogP contribution is -2.60. The number of anilines is 1. The largest absolute Gasteiger partial charge is 0.366 e. The molecule has 0 radical (unpaired) electrons. The van der Waals surface area contributed by atoms with E-state index < -0.39 is 0 Å². The molecule has 2 aliphatic heterocycles. The Kier molecular flexibility index (Phi) is 3.07. The molecular formula is C21H25N. The van der Waals surface area contributed by atoms with Crippen LogP contribution in [0, 0.1) is 5.41 Å². The zero-order chi connectivity index (χ0) is 15.2. The Morgan fingerprint density at radius 3 is 1.95 bits per heavy atom. The molecule has 0 amide bonds. The molecular weight excluding hydrogens is 266 g/mol. The van der Waals surface area contributed by atoms with E-state index in [-0.39, 0.29) is 0 Å². The number of piperidine rings is 2. The molecule has 0 aromatic heterocycles. The standard InChI is InChI=1S/C21H25N/c1-20-12-14-21(2,15-13-20)22(16-20)19-10-8-18(9-11-19)17-6-4-3-5-7-17/h3-11H,12-16H2,1-2H3. The maximum absolute atomic E-state index is 2.68. The maximum Gasteiger partial charge on any atom is 0.0374 e. The highest BCUT2D eigenvalue weighted by atomic mass is 15.2. The Morgan fingerprint density at radius 2 is 1.32 bits per heavy atom. The Hall–Kier alpha value is -1.76. The van der Waals surface area contributed by atoms with Crippen molar-refractivity contribution < 1.29 is 0 Å². The second kappa shape index (κ2) is 4.87. The van der Waals surface area contributed by atoms with Gasteiger partial charge in [0.15, 0.2) is 0 Å². The molecule has 2 saturated heterocycles. The van der Waals surface area contributed by atoms with Crippen LogP contribution in [0.1, 0.15) is 39.5 Å². The third kappa shape index (κ3) is 2.24. The van der Waals surface area contributed by atoms with Gasteiger partial charge in [0.2, 0.25) is 0 Å². The van der Waals surface area contributed by atoms with E-state index in [2.05, 4.69) is 73.3 Å². The highest BCUT2D eigenvalue weighted by Gasteiger charge is 2.48. The molecule has 5 rings (SSSR count). The van der Waals surface area contributed by atoms with Gasteiger partial charge in [0.25, 0.3) is 0 Å². The lowest BCUT2D eigenvalue weighted by Gasteiger charge is -2.58. The summed E-state index contributed by atoms with van der Waals surface area (Å²) in [7, 11) is 0. The topological polar surface area (TPSA) is 3.24 Å². The van der Waals surface area contributed by atoms with Crippen molar-refractivity contribution in [2.24, 2.45) is 5.41 Å². The summed E-state index contributed by atoms with van der Waals surface area (Å²) in [6.07, 6.45) is 5.46. The quantitative estimate of drug-likeness (QED) is 0.705. The van der Waals surface area contributed by atoms with Crippen molar-refractivity contribution in [1.29, 1.82) is 0 Å². The molecule has 0 N–H and O–H groups in total. The van der Waals surface area contributed by atoms with Crippen LogP contribution in [0.4, 0.5) is 5.69 Å². The molecule has 2 aromatic rings. The van der Waals surface area contributed by atoms with E-state index in [0.29, 0.717) is 11.0 Å². The molecule has 3 fully saturated rings. The minimum Gasteiger partial charge on any atom is -0.366 e. The normalized spacial score (nSPS) is 30.5. The van der Waals surface area contributed by atoms with E-state index >= 15 is 0 Å². The van der Waals surface area contributed by atoms with Crippen molar-refractivity contribution in [3.05, 3.63) is 54.6 Å². The summed E-state index contributed by atoms with van der Waals surface area (Å²) >= 11 is 0. The molecule has 1 saturated carbocycles. The summed E-state index contributed by atoms with van der Waals surface area (Å²) in [6.45, 7) is 6.14. The summed E-state index contributed by atoms with van der Waals surface area (Å²) in [4.78, 5) is 2.68. The van der Waals surface area contributed by atoms with E-state index in [4.69, 9.17) is 0 Å². The third-order valence-electron chi connectivity index (χ3n) is 6.01. The van der Waals surface area contributed by atoms with Gasteiger partial charge in [0.05, 0.1) is 0 Å². The minimum atomic E-state index is 0.367. The van der Waals surface area contributed by atoms with Crippen molar-refractivity contribution in [2.45, 2.75) is 45.1 Å². The van der Waals surface area contributed by atoms with Crippen LogP contribution in [0.25, 0.3) is 11.1 Å². The molecule has 2 bridgehead atoms. The fraction of sp³-hybridized carbons (Fsp3) is 0.429. The Bertz CT molecular complexity index is 648. The monoisotopic (exact) mass is 291 g/mol. The molecule has 114 valence electrons. The number of fused-ring (bicyclic) bond motifs is 3. The van der Waals surface area contributed by atoms with Crippen molar-refractivity contribution >= 4 is 5.69 Å². The first-order valence-corrected chi connectivity index (χ1v) is 8.51. The van der Waals surface area contributed by atoms with Gasteiger partial charge in [-0.3, -0.25) is 0 Å².